The Bertz CT molecular complexity index is 113. The van der Waals surface area contributed by atoms with Crippen molar-refractivity contribution >= 4 is 12.6 Å². The largest absolute Gasteiger partial charge is 0.369 e. The van der Waals surface area contributed by atoms with E-state index in [1.807, 2.05) is 6.08 Å². The van der Waals surface area contributed by atoms with Gasteiger partial charge in [0.1, 0.15) is 0 Å². The predicted octanol–water partition coefficient (Wildman–Crippen LogP) is 1.51. The molecule has 1 saturated heterocycles. The molecule has 52 valence electrons. The second-order valence-electron chi connectivity index (χ2n) is 2.39. The van der Waals surface area contributed by atoms with E-state index in [1.54, 1.807) is 0 Å². The maximum atomic E-state index is 5.24. The molecule has 3 atom stereocenters. The van der Waals surface area contributed by atoms with Gasteiger partial charge in [-0.05, 0) is 12.7 Å². The molecule has 0 aromatic carbocycles. The Morgan fingerprint density at radius 2 is 2.44 bits per heavy atom. The second kappa shape index (κ2) is 2.76. The minimum absolute atomic E-state index is 0.403. The summed E-state index contributed by atoms with van der Waals surface area (Å²) in [4.78, 5) is 0. The van der Waals surface area contributed by atoms with Crippen LogP contribution in [0.2, 0.25) is 0 Å². The van der Waals surface area contributed by atoms with Crippen molar-refractivity contribution in [3.63, 3.8) is 0 Å². The summed E-state index contributed by atoms with van der Waals surface area (Å²) in [6.45, 7) is 5.77. The summed E-state index contributed by atoms with van der Waals surface area (Å²) in [5.41, 5.74) is 0. The first-order valence-corrected chi connectivity index (χ1v) is 3.81. The van der Waals surface area contributed by atoms with E-state index >= 15 is 0 Å². The van der Waals surface area contributed by atoms with E-state index < -0.39 is 0 Å². The third-order valence-electron chi connectivity index (χ3n) is 1.69. The van der Waals surface area contributed by atoms with Gasteiger partial charge in [-0.2, -0.15) is 12.6 Å². The van der Waals surface area contributed by atoms with Crippen LogP contribution in [0.3, 0.4) is 0 Å². The van der Waals surface area contributed by atoms with Gasteiger partial charge in [0, 0.05) is 5.92 Å². The molecule has 0 amide bonds. The normalized spacial score (nSPS) is 35.8. The SMILES string of the molecule is C=CC(CS)C1OC1C. The quantitative estimate of drug-likeness (QED) is 0.360. The van der Waals surface area contributed by atoms with Crippen molar-refractivity contribution in [3.05, 3.63) is 12.7 Å². The number of hydrogen-bond donors (Lipinski definition) is 1. The first kappa shape index (κ1) is 7.16. The third kappa shape index (κ3) is 1.49. The lowest BCUT2D eigenvalue weighted by molar-refractivity contribution is 0.353. The standard InChI is InChI=1S/C7H12OS/c1-3-6(4-9)7-5(2)8-7/h3,5-7,9H,1,4H2,2H3. The average molecular weight is 144 g/mol. The number of hydrogen-bond acceptors (Lipinski definition) is 2. The molecule has 0 aromatic heterocycles. The Kier molecular flexibility index (Phi) is 2.19. The predicted molar refractivity (Wildman–Crippen MR) is 41.9 cm³/mol. The fourth-order valence-electron chi connectivity index (χ4n) is 0.964. The lowest BCUT2D eigenvalue weighted by atomic mass is 10.1. The molecule has 1 heterocycles. The monoisotopic (exact) mass is 144 g/mol. The van der Waals surface area contributed by atoms with Gasteiger partial charge in [0.15, 0.2) is 0 Å². The summed E-state index contributed by atoms with van der Waals surface area (Å²) in [6, 6.07) is 0. The molecular formula is C7H12OS. The highest BCUT2D eigenvalue weighted by atomic mass is 32.1. The molecule has 0 radical (unpaired) electrons. The van der Waals surface area contributed by atoms with Crippen LogP contribution in [-0.4, -0.2) is 18.0 Å². The van der Waals surface area contributed by atoms with Crippen molar-refractivity contribution in [1.82, 2.24) is 0 Å². The van der Waals surface area contributed by atoms with Crippen molar-refractivity contribution in [1.29, 1.82) is 0 Å². The van der Waals surface area contributed by atoms with Gasteiger partial charge in [-0.25, -0.2) is 0 Å². The highest BCUT2D eigenvalue weighted by molar-refractivity contribution is 7.80. The lowest BCUT2D eigenvalue weighted by Gasteiger charge is -2.01. The summed E-state index contributed by atoms with van der Waals surface area (Å²) in [5.74, 6) is 1.29. The zero-order chi connectivity index (χ0) is 6.85. The van der Waals surface area contributed by atoms with Crippen LogP contribution in [0.25, 0.3) is 0 Å². The Morgan fingerprint density at radius 3 is 2.56 bits per heavy atom. The molecule has 0 aromatic rings. The van der Waals surface area contributed by atoms with E-state index in [4.69, 9.17) is 4.74 Å². The second-order valence-corrected chi connectivity index (χ2v) is 2.75. The topological polar surface area (TPSA) is 12.5 Å². The van der Waals surface area contributed by atoms with Crippen molar-refractivity contribution < 1.29 is 4.74 Å². The van der Waals surface area contributed by atoms with Gasteiger partial charge >= 0.3 is 0 Å². The molecule has 1 nitrogen and oxygen atoms in total. The van der Waals surface area contributed by atoms with Gasteiger partial charge in [-0.1, -0.05) is 6.08 Å². The minimum Gasteiger partial charge on any atom is -0.369 e. The van der Waals surface area contributed by atoms with Crippen LogP contribution in [0.5, 0.6) is 0 Å². The van der Waals surface area contributed by atoms with Crippen LogP contribution in [0.1, 0.15) is 6.92 Å². The zero-order valence-corrected chi connectivity index (χ0v) is 6.47. The summed E-state index contributed by atoms with van der Waals surface area (Å²) in [7, 11) is 0. The molecule has 1 aliphatic heterocycles. The molecule has 1 fully saturated rings. The smallest absolute Gasteiger partial charge is 0.0909 e. The summed E-state index contributed by atoms with van der Waals surface area (Å²) >= 11 is 4.16. The fraction of sp³-hybridized carbons (Fsp3) is 0.714. The van der Waals surface area contributed by atoms with Crippen LogP contribution in [0.15, 0.2) is 12.7 Å². The molecule has 9 heavy (non-hydrogen) atoms. The van der Waals surface area contributed by atoms with Gasteiger partial charge in [0.2, 0.25) is 0 Å². The molecular weight excluding hydrogens is 132 g/mol. The summed E-state index contributed by atoms with van der Waals surface area (Å²) in [5, 5.41) is 0. The van der Waals surface area contributed by atoms with Crippen LogP contribution < -0.4 is 0 Å². The number of epoxide rings is 1. The van der Waals surface area contributed by atoms with Crippen LogP contribution in [-0.2, 0) is 4.74 Å². The lowest BCUT2D eigenvalue weighted by Crippen LogP contribution is -2.07. The molecule has 0 aliphatic carbocycles. The molecule has 1 rings (SSSR count). The van der Waals surface area contributed by atoms with E-state index in [9.17, 15) is 0 Å². The van der Waals surface area contributed by atoms with Gasteiger partial charge in [0.25, 0.3) is 0 Å². The van der Waals surface area contributed by atoms with E-state index in [-0.39, 0.29) is 0 Å². The van der Waals surface area contributed by atoms with E-state index in [1.165, 1.54) is 0 Å². The highest BCUT2D eigenvalue weighted by Crippen LogP contribution is 2.29. The minimum atomic E-state index is 0.403. The van der Waals surface area contributed by atoms with Crippen LogP contribution >= 0.6 is 12.6 Å². The number of rotatable bonds is 3. The Morgan fingerprint density at radius 1 is 1.89 bits per heavy atom. The molecule has 2 heteroatoms. The molecule has 0 bridgehead atoms. The maximum absolute atomic E-state index is 5.24. The van der Waals surface area contributed by atoms with Crippen molar-refractivity contribution in [2.24, 2.45) is 5.92 Å². The molecule has 0 saturated carbocycles. The van der Waals surface area contributed by atoms with E-state index in [0.29, 0.717) is 18.1 Å². The van der Waals surface area contributed by atoms with Gasteiger partial charge < -0.3 is 4.74 Å². The van der Waals surface area contributed by atoms with E-state index in [0.717, 1.165) is 5.75 Å². The van der Waals surface area contributed by atoms with Crippen molar-refractivity contribution in [2.75, 3.05) is 5.75 Å². The van der Waals surface area contributed by atoms with Crippen LogP contribution in [0.4, 0.5) is 0 Å². The first-order chi connectivity index (χ1) is 4.29. The highest BCUT2D eigenvalue weighted by Gasteiger charge is 2.38. The van der Waals surface area contributed by atoms with E-state index in [2.05, 4.69) is 26.1 Å². The Labute approximate surface area is 61.5 Å². The van der Waals surface area contributed by atoms with Crippen molar-refractivity contribution in [3.8, 4) is 0 Å². The molecule has 1 aliphatic rings. The van der Waals surface area contributed by atoms with Gasteiger partial charge in [-0.15, -0.1) is 6.58 Å². The zero-order valence-electron chi connectivity index (χ0n) is 5.58. The first-order valence-electron chi connectivity index (χ1n) is 3.18. The van der Waals surface area contributed by atoms with Gasteiger partial charge in [-0.3, -0.25) is 0 Å². The Balaban J connectivity index is 2.31. The van der Waals surface area contributed by atoms with Crippen LogP contribution in [0, 0.1) is 5.92 Å². The fourth-order valence-corrected chi connectivity index (χ4v) is 1.32. The summed E-state index contributed by atoms with van der Waals surface area (Å²) in [6.07, 6.45) is 2.75. The molecule has 3 unspecified atom stereocenters. The maximum Gasteiger partial charge on any atom is 0.0909 e. The molecule has 0 N–H and O–H groups in total. The Hall–Kier alpha value is 0.0500. The third-order valence-corrected chi connectivity index (χ3v) is 2.12. The van der Waals surface area contributed by atoms with Gasteiger partial charge in [0.05, 0.1) is 12.2 Å². The summed E-state index contributed by atoms with van der Waals surface area (Å²) < 4.78 is 5.24. The number of thiol groups is 1. The average Bonchev–Trinajstić information content (AvgIpc) is 2.51. The molecule has 0 spiro atoms. The van der Waals surface area contributed by atoms with Crippen molar-refractivity contribution in [2.45, 2.75) is 19.1 Å². The number of ether oxygens (including phenoxy) is 1.